The molecule has 0 aliphatic heterocycles. The molecule has 0 saturated heterocycles. The number of nitrogens with one attached hydrogen (secondary N) is 1. The predicted octanol–water partition coefficient (Wildman–Crippen LogP) is 2.40. The molecule has 1 aromatic rings. The Kier molecular flexibility index (Phi) is 9.42. The number of aliphatic hydroxyl groups excluding tert-OH is 1. The summed E-state index contributed by atoms with van der Waals surface area (Å²) in [5, 5.41) is 13.8. The van der Waals surface area contributed by atoms with Crippen molar-refractivity contribution in [3.8, 4) is 5.75 Å². The third-order valence-corrected chi connectivity index (χ3v) is 3.61. The standard InChI is InChI=1S/C16H27ClN2O2/c1-3-19(4-2)11-5-10-18-12-15(20)13-21-16-8-6-14(17)7-9-16/h6-9,15,18,20H,3-5,10-13H2,1-2H3. The van der Waals surface area contributed by atoms with E-state index in [9.17, 15) is 5.11 Å². The Morgan fingerprint density at radius 1 is 1.24 bits per heavy atom. The van der Waals surface area contributed by atoms with E-state index in [0.29, 0.717) is 11.6 Å². The van der Waals surface area contributed by atoms with Crippen LogP contribution in [-0.4, -0.2) is 55.4 Å². The van der Waals surface area contributed by atoms with Gasteiger partial charge in [-0.15, -0.1) is 0 Å². The van der Waals surface area contributed by atoms with Crippen LogP contribution in [0.4, 0.5) is 0 Å². The summed E-state index contributed by atoms with van der Waals surface area (Å²) >= 11 is 5.80. The van der Waals surface area contributed by atoms with E-state index in [1.54, 1.807) is 24.3 Å². The van der Waals surface area contributed by atoms with Gasteiger partial charge in [-0.3, -0.25) is 0 Å². The minimum atomic E-state index is -0.505. The highest BCUT2D eigenvalue weighted by atomic mass is 35.5. The topological polar surface area (TPSA) is 44.7 Å². The summed E-state index contributed by atoms with van der Waals surface area (Å²) in [4.78, 5) is 2.39. The molecular formula is C16H27ClN2O2. The summed E-state index contributed by atoms with van der Waals surface area (Å²) in [7, 11) is 0. The molecule has 0 bridgehead atoms. The Balaban J connectivity index is 2.06. The van der Waals surface area contributed by atoms with E-state index in [1.807, 2.05) is 0 Å². The molecule has 1 aromatic carbocycles. The highest BCUT2D eigenvalue weighted by Gasteiger charge is 2.05. The molecule has 0 saturated carbocycles. The van der Waals surface area contributed by atoms with Crippen LogP contribution in [0.2, 0.25) is 5.02 Å². The van der Waals surface area contributed by atoms with Crippen molar-refractivity contribution in [2.24, 2.45) is 0 Å². The monoisotopic (exact) mass is 314 g/mol. The van der Waals surface area contributed by atoms with Crippen LogP contribution in [-0.2, 0) is 0 Å². The van der Waals surface area contributed by atoms with Gasteiger partial charge in [0.05, 0.1) is 0 Å². The zero-order chi connectivity index (χ0) is 15.5. The fourth-order valence-electron chi connectivity index (χ4n) is 2.02. The molecule has 0 aromatic heterocycles. The van der Waals surface area contributed by atoms with Crippen molar-refractivity contribution in [2.75, 3.05) is 39.3 Å². The lowest BCUT2D eigenvalue weighted by molar-refractivity contribution is 0.106. The average molecular weight is 315 g/mol. The third kappa shape index (κ3) is 8.27. The first-order chi connectivity index (χ1) is 10.2. The van der Waals surface area contributed by atoms with E-state index in [0.717, 1.165) is 38.3 Å². The third-order valence-electron chi connectivity index (χ3n) is 3.36. The van der Waals surface area contributed by atoms with Crippen LogP contribution in [0.1, 0.15) is 20.3 Å². The number of rotatable bonds is 11. The molecule has 4 nitrogen and oxygen atoms in total. The highest BCUT2D eigenvalue weighted by molar-refractivity contribution is 6.30. The Labute approximate surface area is 133 Å². The van der Waals surface area contributed by atoms with Crippen LogP contribution < -0.4 is 10.1 Å². The Morgan fingerprint density at radius 3 is 2.52 bits per heavy atom. The number of hydrogen-bond donors (Lipinski definition) is 2. The molecular weight excluding hydrogens is 288 g/mol. The van der Waals surface area contributed by atoms with Gasteiger partial charge >= 0.3 is 0 Å². The molecule has 1 unspecified atom stereocenters. The van der Waals surface area contributed by atoms with Gasteiger partial charge in [0, 0.05) is 11.6 Å². The van der Waals surface area contributed by atoms with Crippen LogP contribution in [0.25, 0.3) is 0 Å². The average Bonchev–Trinajstić information content (AvgIpc) is 2.50. The summed E-state index contributed by atoms with van der Waals surface area (Å²) in [6.45, 7) is 9.37. The van der Waals surface area contributed by atoms with E-state index in [1.165, 1.54) is 0 Å². The normalized spacial score (nSPS) is 12.6. The first-order valence-electron chi connectivity index (χ1n) is 7.65. The van der Waals surface area contributed by atoms with E-state index in [-0.39, 0.29) is 6.61 Å². The predicted molar refractivity (Wildman–Crippen MR) is 88.2 cm³/mol. The van der Waals surface area contributed by atoms with Crippen molar-refractivity contribution in [1.82, 2.24) is 10.2 Å². The number of benzene rings is 1. The molecule has 0 aliphatic carbocycles. The van der Waals surface area contributed by atoms with Crippen molar-refractivity contribution in [3.63, 3.8) is 0 Å². The van der Waals surface area contributed by atoms with Gasteiger partial charge in [-0.1, -0.05) is 25.4 Å². The lowest BCUT2D eigenvalue weighted by Crippen LogP contribution is -2.33. The van der Waals surface area contributed by atoms with Crippen LogP contribution >= 0.6 is 11.6 Å². The maximum Gasteiger partial charge on any atom is 0.119 e. The van der Waals surface area contributed by atoms with Crippen molar-refractivity contribution in [2.45, 2.75) is 26.4 Å². The van der Waals surface area contributed by atoms with Crippen molar-refractivity contribution < 1.29 is 9.84 Å². The molecule has 1 rings (SSSR count). The van der Waals surface area contributed by atoms with E-state index >= 15 is 0 Å². The van der Waals surface area contributed by atoms with Crippen molar-refractivity contribution in [1.29, 1.82) is 0 Å². The molecule has 0 spiro atoms. The number of halogens is 1. The first-order valence-corrected chi connectivity index (χ1v) is 8.03. The molecule has 0 radical (unpaired) electrons. The van der Waals surface area contributed by atoms with Crippen molar-refractivity contribution >= 4 is 11.6 Å². The second-order valence-electron chi connectivity index (χ2n) is 5.00. The molecule has 5 heteroatoms. The van der Waals surface area contributed by atoms with Gasteiger partial charge < -0.3 is 20.1 Å². The van der Waals surface area contributed by atoms with Gasteiger partial charge in [-0.25, -0.2) is 0 Å². The van der Waals surface area contributed by atoms with Gasteiger partial charge in [0.2, 0.25) is 0 Å². The number of nitrogens with zero attached hydrogens (tertiary/aromatic N) is 1. The van der Waals surface area contributed by atoms with E-state index < -0.39 is 6.10 Å². The van der Waals surface area contributed by atoms with Crippen LogP contribution in [0.3, 0.4) is 0 Å². The molecule has 0 fully saturated rings. The SMILES string of the molecule is CCN(CC)CCCNCC(O)COc1ccc(Cl)cc1. The summed E-state index contributed by atoms with van der Waals surface area (Å²) in [5.74, 6) is 0.722. The van der Waals surface area contributed by atoms with Crippen LogP contribution in [0.15, 0.2) is 24.3 Å². The summed E-state index contributed by atoms with van der Waals surface area (Å²) in [5.41, 5.74) is 0. The summed E-state index contributed by atoms with van der Waals surface area (Å²) < 4.78 is 5.50. The molecule has 0 amide bonds. The largest absolute Gasteiger partial charge is 0.491 e. The maximum atomic E-state index is 9.84. The van der Waals surface area contributed by atoms with E-state index in [4.69, 9.17) is 16.3 Å². The number of aliphatic hydroxyl groups is 1. The molecule has 21 heavy (non-hydrogen) atoms. The molecule has 0 aliphatic rings. The number of hydrogen-bond acceptors (Lipinski definition) is 4. The minimum absolute atomic E-state index is 0.282. The summed E-state index contributed by atoms with van der Waals surface area (Å²) in [6.07, 6.45) is 0.584. The molecule has 0 heterocycles. The second kappa shape index (κ2) is 10.9. The summed E-state index contributed by atoms with van der Waals surface area (Å²) in [6, 6.07) is 7.14. The van der Waals surface area contributed by atoms with Gasteiger partial charge in [0.1, 0.15) is 18.5 Å². The van der Waals surface area contributed by atoms with E-state index in [2.05, 4.69) is 24.1 Å². The van der Waals surface area contributed by atoms with Crippen LogP contribution in [0, 0.1) is 0 Å². The van der Waals surface area contributed by atoms with Gasteiger partial charge in [-0.2, -0.15) is 0 Å². The smallest absolute Gasteiger partial charge is 0.119 e. The first kappa shape index (κ1) is 18.2. The maximum absolute atomic E-state index is 9.84. The Morgan fingerprint density at radius 2 is 1.90 bits per heavy atom. The van der Waals surface area contributed by atoms with Gasteiger partial charge in [-0.05, 0) is 56.9 Å². The second-order valence-corrected chi connectivity index (χ2v) is 5.44. The molecule has 1 atom stereocenters. The fraction of sp³-hybridized carbons (Fsp3) is 0.625. The van der Waals surface area contributed by atoms with Crippen LogP contribution in [0.5, 0.6) is 5.75 Å². The lowest BCUT2D eigenvalue weighted by Gasteiger charge is -2.18. The zero-order valence-corrected chi connectivity index (χ0v) is 13.8. The van der Waals surface area contributed by atoms with Gasteiger partial charge in [0.25, 0.3) is 0 Å². The lowest BCUT2D eigenvalue weighted by atomic mass is 10.3. The molecule has 120 valence electrons. The van der Waals surface area contributed by atoms with Crippen molar-refractivity contribution in [3.05, 3.63) is 29.3 Å². The quantitative estimate of drug-likeness (QED) is 0.616. The Hall–Kier alpha value is -0.810. The zero-order valence-electron chi connectivity index (χ0n) is 13.0. The minimum Gasteiger partial charge on any atom is -0.491 e. The number of ether oxygens (including phenoxy) is 1. The fourth-order valence-corrected chi connectivity index (χ4v) is 2.14. The Bertz CT molecular complexity index is 369. The van der Waals surface area contributed by atoms with Gasteiger partial charge in [0.15, 0.2) is 0 Å². The molecule has 2 N–H and O–H groups in total. The highest BCUT2D eigenvalue weighted by Crippen LogP contribution is 2.15.